The number of thioether (sulfide) groups is 1. The Morgan fingerprint density at radius 2 is 1.81 bits per heavy atom. The van der Waals surface area contributed by atoms with E-state index in [4.69, 9.17) is 5.10 Å². The third-order valence-electron chi connectivity index (χ3n) is 4.59. The van der Waals surface area contributed by atoms with Gasteiger partial charge in [0.15, 0.2) is 5.16 Å². The fourth-order valence-corrected chi connectivity index (χ4v) is 3.90. The van der Waals surface area contributed by atoms with Crippen molar-refractivity contribution in [1.82, 2.24) is 24.5 Å². The quantitative estimate of drug-likeness (QED) is 0.332. The van der Waals surface area contributed by atoms with Gasteiger partial charge in [-0.05, 0) is 19.1 Å². The van der Waals surface area contributed by atoms with Crippen LogP contribution in [0.2, 0.25) is 0 Å². The molecule has 0 bridgehead atoms. The van der Waals surface area contributed by atoms with Crippen LogP contribution >= 0.6 is 11.8 Å². The second-order valence-corrected chi connectivity index (χ2v) is 7.74. The van der Waals surface area contributed by atoms with E-state index in [9.17, 15) is 4.79 Å². The van der Waals surface area contributed by atoms with E-state index in [-0.39, 0.29) is 11.7 Å². The summed E-state index contributed by atoms with van der Waals surface area (Å²) in [5.74, 6) is 1.46. The van der Waals surface area contributed by atoms with Gasteiger partial charge in [-0.15, -0.1) is 16.8 Å². The number of anilines is 1. The van der Waals surface area contributed by atoms with E-state index in [1.165, 1.54) is 11.8 Å². The lowest BCUT2D eigenvalue weighted by molar-refractivity contribution is -0.113. The van der Waals surface area contributed by atoms with Crippen molar-refractivity contribution in [1.29, 1.82) is 0 Å². The Hall–Kier alpha value is -3.65. The Labute approximate surface area is 184 Å². The minimum absolute atomic E-state index is 0.146. The van der Waals surface area contributed by atoms with Crippen molar-refractivity contribution in [2.24, 2.45) is 0 Å². The molecule has 7 nitrogen and oxygen atoms in total. The molecule has 0 fully saturated rings. The Morgan fingerprint density at radius 3 is 2.52 bits per heavy atom. The summed E-state index contributed by atoms with van der Waals surface area (Å²) in [5, 5.41) is 16.6. The number of carbonyl (C=O) groups is 1. The zero-order valence-electron chi connectivity index (χ0n) is 17.1. The van der Waals surface area contributed by atoms with Crippen LogP contribution in [0.4, 0.5) is 5.82 Å². The zero-order valence-corrected chi connectivity index (χ0v) is 17.9. The SMILES string of the molecule is C=CCn1c(C)nnc1SCC(=O)Nc1cc(-c2ccccc2)nn1-c1ccccc1. The van der Waals surface area contributed by atoms with Gasteiger partial charge in [-0.25, -0.2) is 4.68 Å². The number of aryl methyl sites for hydroxylation is 1. The summed E-state index contributed by atoms with van der Waals surface area (Å²) in [7, 11) is 0. The van der Waals surface area contributed by atoms with E-state index in [2.05, 4.69) is 22.1 Å². The minimum atomic E-state index is -0.146. The van der Waals surface area contributed by atoms with Gasteiger partial charge < -0.3 is 9.88 Å². The van der Waals surface area contributed by atoms with Crippen molar-refractivity contribution in [3.8, 4) is 16.9 Å². The van der Waals surface area contributed by atoms with Gasteiger partial charge in [-0.2, -0.15) is 5.10 Å². The molecule has 0 aliphatic heterocycles. The summed E-state index contributed by atoms with van der Waals surface area (Å²) in [6, 6.07) is 21.5. The molecule has 156 valence electrons. The van der Waals surface area contributed by atoms with Gasteiger partial charge in [0.1, 0.15) is 11.6 Å². The molecule has 0 saturated heterocycles. The molecule has 31 heavy (non-hydrogen) atoms. The van der Waals surface area contributed by atoms with Crippen molar-refractivity contribution < 1.29 is 4.79 Å². The maximum atomic E-state index is 12.7. The highest BCUT2D eigenvalue weighted by Crippen LogP contribution is 2.25. The summed E-state index contributed by atoms with van der Waals surface area (Å²) in [4.78, 5) is 12.7. The number of benzene rings is 2. The molecule has 0 aliphatic carbocycles. The number of carbonyl (C=O) groups excluding carboxylic acids is 1. The first-order valence-electron chi connectivity index (χ1n) is 9.80. The van der Waals surface area contributed by atoms with Crippen LogP contribution < -0.4 is 5.32 Å². The van der Waals surface area contributed by atoms with E-state index >= 15 is 0 Å². The average molecular weight is 431 g/mol. The van der Waals surface area contributed by atoms with E-state index < -0.39 is 0 Å². The molecule has 2 aromatic heterocycles. The molecule has 0 aliphatic rings. The summed E-state index contributed by atoms with van der Waals surface area (Å²) in [6.07, 6.45) is 1.78. The fraction of sp³-hybridized carbons (Fsp3) is 0.130. The maximum Gasteiger partial charge on any atom is 0.236 e. The van der Waals surface area contributed by atoms with Crippen molar-refractivity contribution in [3.05, 3.63) is 85.2 Å². The molecule has 0 saturated carbocycles. The second-order valence-electron chi connectivity index (χ2n) is 6.79. The standard InChI is InChI=1S/C23H22N6OS/c1-3-14-28-17(2)25-26-23(28)31-16-22(30)24-21-15-20(18-10-6-4-7-11-18)27-29(21)19-12-8-5-9-13-19/h3-13,15H,1,14,16H2,2H3,(H,24,30). The molecule has 2 aromatic carbocycles. The van der Waals surface area contributed by atoms with Crippen LogP contribution in [0, 0.1) is 6.92 Å². The summed E-state index contributed by atoms with van der Waals surface area (Å²) in [6.45, 7) is 6.24. The highest BCUT2D eigenvalue weighted by atomic mass is 32.2. The third kappa shape index (κ3) is 4.75. The van der Waals surface area contributed by atoms with Crippen LogP contribution in [0.1, 0.15) is 5.82 Å². The van der Waals surface area contributed by atoms with Crippen molar-refractivity contribution >= 4 is 23.5 Å². The van der Waals surface area contributed by atoms with E-state index in [1.807, 2.05) is 78.2 Å². The van der Waals surface area contributed by atoms with Gasteiger partial charge in [0, 0.05) is 18.2 Å². The first kappa shape index (κ1) is 20.6. The second kappa shape index (κ2) is 9.44. The molecule has 0 spiro atoms. The van der Waals surface area contributed by atoms with E-state index in [0.717, 1.165) is 22.8 Å². The van der Waals surface area contributed by atoms with E-state index in [0.29, 0.717) is 17.5 Å². The Kier molecular flexibility index (Phi) is 6.28. The highest BCUT2D eigenvalue weighted by molar-refractivity contribution is 7.99. The van der Waals surface area contributed by atoms with Gasteiger partial charge in [0.25, 0.3) is 0 Å². The first-order chi connectivity index (χ1) is 15.2. The number of allylic oxidation sites excluding steroid dienone is 1. The molecular weight excluding hydrogens is 408 g/mol. The topological polar surface area (TPSA) is 77.6 Å². The highest BCUT2D eigenvalue weighted by Gasteiger charge is 2.15. The van der Waals surface area contributed by atoms with Gasteiger partial charge in [-0.3, -0.25) is 4.79 Å². The van der Waals surface area contributed by atoms with Crippen LogP contribution in [0.5, 0.6) is 0 Å². The predicted octanol–water partition coefficient (Wildman–Crippen LogP) is 4.36. The number of rotatable bonds is 8. The Bertz CT molecular complexity index is 1180. The predicted molar refractivity (Wildman–Crippen MR) is 123 cm³/mol. The van der Waals surface area contributed by atoms with Crippen LogP contribution in [0.25, 0.3) is 16.9 Å². The molecule has 0 atom stereocenters. The lowest BCUT2D eigenvalue weighted by Crippen LogP contribution is -2.17. The van der Waals surface area contributed by atoms with Gasteiger partial charge in [-0.1, -0.05) is 66.4 Å². The minimum Gasteiger partial charge on any atom is -0.310 e. The third-order valence-corrected chi connectivity index (χ3v) is 5.56. The monoisotopic (exact) mass is 430 g/mol. The van der Waals surface area contributed by atoms with Crippen molar-refractivity contribution in [2.75, 3.05) is 11.1 Å². The smallest absolute Gasteiger partial charge is 0.236 e. The first-order valence-corrected chi connectivity index (χ1v) is 10.8. The summed E-state index contributed by atoms with van der Waals surface area (Å²) in [5.41, 5.74) is 2.64. The zero-order chi connectivity index (χ0) is 21.6. The average Bonchev–Trinajstić information content (AvgIpc) is 3.38. The molecule has 1 amide bonds. The summed E-state index contributed by atoms with van der Waals surface area (Å²) >= 11 is 1.34. The number of aromatic nitrogens is 5. The van der Waals surface area contributed by atoms with Gasteiger partial charge in [0.2, 0.25) is 5.91 Å². The normalized spacial score (nSPS) is 10.7. The number of nitrogens with one attached hydrogen (secondary N) is 1. The number of amides is 1. The van der Waals surface area contributed by atoms with E-state index in [1.54, 1.807) is 10.8 Å². The molecule has 1 N–H and O–H groups in total. The molecule has 8 heteroatoms. The molecule has 0 radical (unpaired) electrons. The Morgan fingerprint density at radius 1 is 1.10 bits per heavy atom. The lowest BCUT2D eigenvalue weighted by Gasteiger charge is -2.09. The van der Waals surface area contributed by atoms with Gasteiger partial charge in [0.05, 0.1) is 17.1 Å². The van der Waals surface area contributed by atoms with Crippen LogP contribution in [-0.4, -0.2) is 36.2 Å². The fourth-order valence-electron chi connectivity index (χ4n) is 3.10. The molecular formula is C23H22N6OS. The van der Waals surface area contributed by atoms with Gasteiger partial charge >= 0.3 is 0 Å². The number of hydrogen-bond donors (Lipinski definition) is 1. The lowest BCUT2D eigenvalue weighted by atomic mass is 10.2. The van der Waals surface area contributed by atoms with Crippen molar-refractivity contribution in [3.63, 3.8) is 0 Å². The van der Waals surface area contributed by atoms with Crippen LogP contribution in [0.3, 0.4) is 0 Å². The number of nitrogens with zero attached hydrogens (tertiary/aromatic N) is 5. The maximum absolute atomic E-state index is 12.7. The number of para-hydroxylation sites is 1. The largest absolute Gasteiger partial charge is 0.310 e. The molecule has 2 heterocycles. The van der Waals surface area contributed by atoms with Crippen molar-refractivity contribution in [2.45, 2.75) is 18.6 Å². The summed E-state index contributed by atoms with van der Waals surface area (Å²) < 4.78 is 3.67. The number of hydrogen-bond acceptors (Lipinski definition) is 5. The Balaban J connectivity index is 1.55. The molecule has 4 rings (SSSR count). The van der Waals surface area contributed by atoms with Crippen LogP contribution in [0.15, 0.2) is 84.5 Å². The molecule has 4 aromatic rings. The molecule has 0 unspecified atom stereocenters. The van der Waals surface area contributed by atoms with Crippen LogP contribution in [-0.2, 0) is 11.3 Å².